The molecule has 1 aromatic rings. The monoisotopic (exact) mass is 474 g/mol. The second-order valence-corrected chi connectivity index (χ2v) is 8.57. The Morgan fingerprint density at radius 2 is 1.75 bits per heavy atom. The fraction of sp³-hybridized carbons (Fsp3) is 0.478. The Hall–Kier alpha value is -1.67. The van der Waals surface area contributed by atoms with E-state index >= 15 is 0 Å². The zero-order chi connectivity index (χ0) is 24.3. The van der Waals surface area contributed by atoms with E-state index in [4.69, 9.17) is 9.47 Å². The van der Waals surface area contributed by atoms with Crippen LogP contribution in [0.3, 0.4) is 0 Å². The van der Waals surface area contributed by atoms with Gasteiger partial charge in [0.1, 0.15) is 35.7 Å². The van der Waals surface area contributed by atoms with Crippen molar-refractivity contribution in [2.45, 2.75) is 57.9 Å². The maximum Gasteiger partial charge on any atom is 0.229 e. The van der Waals surface area contributed by atoms with E-state index in [0.717, 1.165) is 12.2 Å². The van der Waals surface area contributed by atoms with Crippen LogP contribution in [-0.4, -0.2) is 63.2 Å². The van der Waals surface area contributed by atoms with Gasteiger partial charge in [0.15, 0.2) is 0 Å². The third-order valence-corrected chi connectivity index (χ3v) is 6.14. The van der Waals surface area contributed by atoms with E-state index in [1.807, 2.05) is 13.8 Å². The van der Waals surface area contributed by atoms with Crippen molar-refractivity contribution in [3.05, 3.63) is 66.3 Å². The van der Waals surface area contributed by atoms with Crippen molar-refractivity contribution in [2.75, 3.05) is 12.3 Å². The van der Waals surface area contributed by atoms with E-state index < -0.39 is 50.5 Å². The van der Waals surface area contributed by atoms with Crippen molar-refractivity contribution in [1.29, 1.82) is 0 Å². The van der Waals surface area contributed by atoms with E-state index in [1.165, 1.54) is 6.92 Å². The van der Waals surface area contributed by atoms with Crippen molar-refractivity contribution in [3.63, 3.8) is 0 Å². The van der Waals surface area contributed by atoms with Gasteiger partial charge in [0.05, 0.1) is 6.10 Å². The van der Waals surface area contributed by atoms with Gasteiger partial charge in [-0.3, -0.25) is 0 Å². The Morgan fingerprint density at radius 3 is 2.31 bits per heavy atom. The molecule has 180 valence electrons. The summed E-state index contributed by atoms with van der Waals surface area (Å²) in [6.07, 6.45) is -4.67. The molecule has 1 fully saturated rings. The number of aliphatic hydroxyl groups is 3. The number of aliphatic hydroxyl groups excluding tert-OH is 3. The van der Waals surface area contributed by atoms with E-state index in [2.05, 4.69) is 6.58 Å². The summed E-state index contributed by atoms with van der Waals surface area (Å²) in [5.41, 5.74) is -0.271. The number of para-hydroxylation sites is 1. The van der Waals surface area contributed by atoms with Crippen molar-refractivity contribution in [1.82, 2.24) is 0 Å². The molecular formula is C23H33F2O6P. The highest BCUT2D eigenvalue weighted by Gasteiger charge is 2.44. The number of hydrogen-bond acceptors (Lipinski definition) is 6. The summed E-state index contributed by atoms with van der Waals surface area (Å²) in [7, 11) is -1.83. The van der Waals surface area contributed by atoms with Gasteiger partial charge in [0.25, 0.3) is 0 Å². The topological polar surface area (TPSA) is 99.4 Å². The van der Waals surface area contributed by atoms with Crippen molar-refractivity contribution in [3.8, 4) is 5.75 Å². The molecule has 0 saturated carbocycles. The van der Waals surface area contributed by atoms with Crippen LogP contribution in [0.4, 0.5) is 8.78 Å². The lowest BCUT2D eigenvalue weighted by molar-refractivity contribution is -0.272. The van der Waals surface area contributed by atoms with Gasteiger partial charge in [0.2, 0.25) is 6.29 Å². The summed E-state index contributed by atoms with van der Waals surface area (Å²) in [4.78, 5) is 10.3. The molecule has 1 aromatic carbocycles. The molecule has 0 radical (unpaired) electrons. The van der Waals surface area contributed by atoms with Crippen LogP contribution in [0.25, 0.3) is 0 Å². The van der Waals surface area contributed by atoms with Crippen LogP contribution in [0.5, 0.6) is 5.75 Å². The fourth-order valence-corrected chi connectivity index (χ4v) is 4.36. The van der Waals surface area contributed by atoms with Crippen LogP contribution in [0.15, 0.2) is 66.3 Å². The zero-order valence-electron chi connectivity index (χ0n) is 18.6. The maximum atomic E-state index is 13.9. The second kappa shape index (κ2) is 14.5. The third-order valence-electron chi connectivity index (χ3n) is 4.69. The lowest BCUT2D eigenvalue weighted by Crippen LogP contribution is -2.59. The summed E-state index contributed by atoms with van der Waals surface area (Å²) in [5.74, 6) is -1.22. The molecule has 0 aliphatic carbocycles. The van der Waals surface area contributed by atoms with Gasteiger partial charge in [-0.1, -0.05) is 44.7 Å². The van der Waals surface area contributed by atoms with E-state index in [0.29, 0.717) is 5.75 Å². The first kappa shape index (κ1) is 28.4. The first-order valence-corrected chi connectivity index (χ1v) is 12.1. The van der Waals surface area contributed by atoms with Gasteiger partial charge in [-0.15, -0.1) is 0 Å². The van der Waals surface area contributed by atoms with Gasteiger partial charge >= 0.3 is 0 Å². The molecular weight excluding hydrogens is 441 g/mol. The molecule has 1 aliphatic rings. The van der Waals surface area contributed by atoms with E-state index in [-0.39, 0.29) is 24.3 Å². The van der Waals surface area contributed by atoms with Gasteiger partial charge in [-0.25, -0.2) is 8.78 Å². The van der Waals surface area contributed by atoms with Gasteiger partial charge in [-0.05, 0) is 37.7 Å². The Balaban J connectivity index is 0.00000249. The average molecular weight is 474 g/mol. The smallest absolute Gasteiger partial charge is 0.229 e. The van der Waals surface area contributed by atoms with Crippen LogP contribution in [-0.2, 0) is 4.74 Å². The van der Waals surface area contributed by atoms with Gasteiger partial charge in [-0.2, -0.15) is 0 Å². The van der Waals surface area contributed by atoms with Crippen molar-refractivity contribution < 1.29 is 38.5 Å². The lowest BCUT2D eigenvalue weighted by Gasteiger charge is -2.40. The number of rotatable bonds is 9. The van der Waals surface area contributed by atoms with E-state index in [9.17, 15) is 29.0 Å². The summed E-state index contributed by atoms with van der Waals surface area (Å²) in [6.45, 7) is 8.69. The summed E-state index contributed by atoms with van der Waals surface area (Å²) >= 11 is 0. The summed E-state index contributed by atoms with van der Waals surface area (Å²) < 4.78 is 38.9. The molecule has 1 saturated heterocycles. The number of ether oxygens (including phenoxy) is 2. The number of halogens is 2. The molecule has 0 spiro atoms. The van der Waals surface area contributed by atoms with Crippen LogP contribution in [0, 0.1) is 0 Å². The maximum absolute atomic E-state index is 13.9. The highest BCUT2D eigenvalue weighted by molar-refractivity contribution is 7.51. The lowest BCUT2D eigenvalue weighted by atomic mass is 9.97. The summed E-state index contributed by atoms with van der Waals surface area (Å²) in [6, 6.07) is 8.53. The number of allylic oxidation sites excluding steroid dienone is 5. The quantitative estimate of drug-likeness (QED) is 0.320. The molecule has 2 rings (SSSR count). The SMILES string of the molecule is C=C/C(F)=C(CP(O)CCC1O[C@H](Oc2ccccc2)C(O)C(O)[C@@H]1O)\C(F)=C/C.CC. The minimum absolute atomic E-state index is 0.0856. The van der Waals surface area contributed by atoms with Gasteiger partial charge in [0, 0.05) is 19.9 Å². The minimum Gasteiger partial charge on any atom is -0.462 e. The van der Waals surface area contributed by atoms with E-state index in [1.54, 1.807) is 30.3 Å². The molecule has 32 heavy (non-hydrogen) atoms. The molecule has 0 bridgehead atoms. The van der Waals surface area contributed by atoms with Crippen molar-refractivity contribution >= 4 is 8.15 Å². The Morgan fingerprint density at radius 1 is 1.12 bits per heavy atom. The first-order valence-electron chi connectivity index (χ1n) is 10.5. The number of benzene rings is 1. The zero-order valence-corrected chi connectivity index (χ0v) is 19.5. The van der Waals surface area contributed by atoms with Crippen LogP contribution in [0.2, 0.25) is 0 Å². The van der Waals surface area contributed by atoms with Crippen LogP contribution in [0.1, 0.15) is 27.2 Å². The second-order valence-electron chi connectivity index (χ2n) is 6.79. The molecule has 1 aliphatic heterocycles. The predicted molar refractivity (Wildman–Crippen MR) is 122 cm³/mol. The highest BCUT2D eigenvalue weighted by Crippen LogP contribution is 2.39. The fourth-order valence-electron chi connectivity index (χ4n) is 2.99. The normalized spacial score (nSPS) is 27.5. The molecule has 4 N–H and O–H groups in total. The molecule has 6 atom stereocenters. The predicted octanol–water partition coefficient (Wildman–Crippen LogP) is 3.96. The molecule has 0 aromatic heterocycles. The molecule has 4 unspecified atom stereocenters. The standard InChI is InChI=1S/C21H27F2O6P.C2H6/c1-3-15(22)14(16(23)4-2)12-30(27)11-10-17-18(24)19(25)20(26)21(29-17)28-13-8-6-5-7-9-13;1-2/h3-9,17-21,24-27H,1,10-12H2,2H3;1-2H3/b15-14+,16-4+;/t17?,18-,19?,20?,21+,30?;/m1./s1. The molecule has 6 nitrogen and oxygen atoms in total. The molecule has 1 heterocycles. The third kappa shape index (κ3) is 8.03. The molecule has 9 heteroatoms. The first-order chi connectivity index (χ1) is 15.3. The number of hydrogen-bond donors (Lipinski definition) is 4. The van der Waals surface area contributed by atoms with Crippen molar-refractivity contribution in [2.24, 2.45) is 0 Å². The largest absolute Gasteiger partial charge is 0.462 e. The minimum atomic E-state index is -1.83. The Bertz CT molecular complexity index is 758. The average Bonchev–Trinajstić information content (AvgIpc) is 2.83. The van der Waals surface area contributed by atoms with Gasteiger partial charge < -0.3 is 29.7 Å². The Kier molecular flexibility index (Phi) is 12.8. The highest BCUT2D eigenvalue weighted by atomic mass is 31.1. The molecule has 0 amide bonds. The van der Waals surface area contributed by atoms with Crippen LogP contribution < -0.4 is 4.74 Å². The Labute approximate surface area is 189 Å². The summed E-state index contributed by atoms with van der Waals surface area (Å²) in [5, 5.41) is 30.5. The van der Waals surface area contributed by atoms with Crippen LogP contribution >= 0.6 is 8.15 Å².